The van der Waals surface area contributed by atoms with Crippen molar-refractivity contribution in [1.82, 2.24) is 24.6 Å². The molecule has 1 N–H and O–H groups in total. The molecule has 1 amide bonds. The SMILES string of the molecule is CCC(C)n1nnc2cc(S(=O)(=O)N3CCC(C(=O)NC4CC4)CC3)ccc21. The third kappa shape index (κ3) is 3.65. The van der Waals surface area contributed by atoms with Crippen LogP contribution in [0.3, 0.4) is 0 Å². The van der Waals surface area contributed by atoms with E-state index in [1.54, 1.807) is 18.2 Å². The maximum atomic E-state index is 13.1. The van der Waals surface area contributed by atoms with Crippen molar-refractivity contribution in [3.63, 3.8) is 0 Å². The molecule has 1 aliphatic carbocycles. The Morgan fingerprint density at radius 1 is 1.25 bits per heavy atom. The highest BCUT2D eigenvalue weighted by molar-refractivity contribution is 7.89. The lowest BCUT2D eigenvalue weighted by atomic mass is 9.97. The summed E-state index contributed by atoms with van der Waals surface area (Å²) in [4.78, 5) is 12.4. The first kappa shape index (κ1) is 19.3. The van der Waals surface area contributed by atoms with Crippen molar-refractivity contribution >= 4 is 27.0 Å². The Kier molecular flexibility index (Phi) is 5.13. The van der Waals surface area contributed by atoms with E-state index in [0.29, 0.717) is 37.5 Å². The number of hydrogen-bond acceptors (Lipinski definition) is 5. The zero-order valence-electron chi connectivity index (χ0n) is 16.3. The van der Waals surface area contributed by atoms with Crippen LogP contribution < -0.4 is 5.32 Å². The Morgan fingerprint density at radius 2 is 1.96 bits per heavy atom. The molecule has 1 atom stereocenters. The predicted octanol–water partition coefficient (Wildman–Crippen LogP) is 2.08. The number of fused-ring (bicyclic) bond motifs is 1. The fourth-order valence-electron chi connectivity index (χ4n) is 3.63. The van der Waals surface area contributed by atoms with E-state index in [1.165, 1.54) is 4.31 Å². The summed E-state index contributed by atoms with van der Waals surface area (Å²) in [5, 5.41) is 11.3. The smallest absolute Gasteiger partial charge is 0.243 e. The molecule has 28 heavy (non-hydrogen) atoms. The lowest BCUT2D eigenvalue weighted by molar-refractivity contribution is -0.126. The zero-order chi connectivity index (χ0) is 19.9. The van der Waals surface area contributed by atoms with Crippen LogP contribution in [0.1, 0.15) is 52.0 Å². The fourth-order valence-corrected chi connectivity index (χ4v) is 5.12. The second kappa shape index (κ2) is 7.44. The molecule has 1 aromatic carbocycles. The summed E-state index contributed by atoms with van der Waals surface area (Å²) in [6.07, 6.45) is 4.16. The molecule has 1 aliphatic heterocycles. The minimum Gasteiger partial charge on any atom is -0.353 e. The third-order valence-corrected chi connectivity index (χ3v) is 7.73. The van der Waals surface area contributed by atoms with E-state index in [9.17, 15) is 13.2 Å². The van der Waals surface area contributed by atoms with Crippen LogP contribution in [0, 0.1) is 5.92 Å². The molecule has 2 aliphatic rings. The van der Waals surface area contributed by atoms with Crippen molar-refractivity contribution < 1.29 is 13.2 Å². The monoisotopic (exact) mass is 405 g/mol. The summed E-state index contributed by atoms with van der Waals surface area (Å²) >= 11 is 0. The number of amides is 1. The van der Waals surface area contributed by atoms with Crippen molar-refractivity contribution in [3.8, 4) is 0 Å². The van der Waals surface area contributed by atoms with Gasteiger partial charge >= 0.3 is 0 Å². The minimum atomic E-state index is -3.61. The van der Waals surface area contributed by atoms with Gasteiger partial charge in [-0.1, -0.05) is 12.1 Å². The number of hydrogen-bond donors (Lipinski definition) is 1. The maximum absolute atomic E-state index is 13.1. The number of rotatable bonds is 6. The number of carbonyl (C=O) groups is 1. The van der Waals surface area contributed by atoms with Crippen molar-refractivity contribution in [3.05, 3.63) is 18.2 Å². The van der Waals surface area contributed by atoms with Crippen molar-refractivity contribution in [2.45, 2.75) is 62.9 Å². The lowest BCUT2D eigenvalue weighted by Crippen LogP contribution is -2.43. The first-order chi connectivity index (χ1) is 13.4. The first-order valence-corrected chi connectivity index (χ1v) is 11.5. The number of piperidine rings is 1. The molecule has 2 heterocycles. The van der Waals surface area contributed by atoms with Gasteiger partial charge in [0.1, 0.15) is 5.52 Å². The summed E-state index contributed by atoms with van der Waals surface area (Å²) in [7, 11) is -3.61. The van der Waals surface area contributed by atoms with Crippen molar-refractivity contribution in [1.29, 1.82) is 0 Å². The standard InChI is InChI=1S/C19H27N5O3S/c1-3-13(2)24-18-7-6-16(12-17(18)21-22-24)28(26,27)23-10-8-14(9-11-23)19(25)20-15-4-5-15/h6-7,12-15H,3-5,8-11H2,1-2H3,(H,20,25). The van der Waals surface area contributed by atoms with Crippen LogP contribution in [-0.2, 0) is 14.8 Å². The summed E-state index contributed by atoms with van der Waals surface area (Å²) in [6.45, 7) is 4.86. The van der Waals surface area contributed by atoms with E-state index in [-0.39, 0.29) is 22.8 Å². The largest absolute Gasteiger partial charge is 0.353 e. The molecule has 1 saturated heterocycles. The van der Waals surface area contributed by atoms with Gasteiger partial charge in [-0.15, -0.1) is 5.10 Å². The quantitative estimate of drug-likeness (QED) is 0.794. The molecule has 9 heteroatoms. The van der Waals surface area contributed by atoms with Crippen LogP contribution >= 0.6 is 0 Å². The minimum absolute atomic E-state index is 0.0719. The van der Waals surface area contributed by atoms with E-state index in [2.05, 4.69) is 29.5 Å². The van der Waals surface area contributed by atoms with E-state index in [0.717, 1.165) is 24.8 Å². The van der Waals surface area contributed by atoms with Gasteiger partial charge in [-0.05, 0) is 57.2 Å². The molecule has 4 rings (SSSR count). The van der Waals surface area contributed by atoms with Crippen molar-refractivity contribution in [2.75, 3.05) is 13.1 Å². The van der Waals surface area contributed by atoms with Gasteiger partial charge in [0.15, 0.2) is 0 Å². The Hall–Kier alpha value is -2.00. The molecule has 2 aromatic rings. The Balaban J connectivity index is 1.48. The van der Waals surface area contributed by atoms with Gasteiger partial charge in [0.05, 0.1) is 16.5 Å². The van der Waals surface area contributed by atoms with E-state index in [4.69, 9.17) is 0 Å². The van der Waals surface area contributed by atoms with Crippen LogP contribution in [0.5, 0.6) is 0 Å². The molecule has 2 fully saturated rings. The molecular weight excluding hydrogens is 378 g/mol. The van der Waals surface area contributed by atoms with Crippen molar-refractivity contribution in [2.24, 2.45) is 5.92 Å². The highest BCUT2D eigenvalue weighted by atomic mass is 32.2. The number of benzene rings is 1. The van der Waals surface area contributed by atoms with Crippen LogP contribution in [0.25, 0.3) is 11.0 Å². The van der Waals surface area contributed by atoms with Crippen LogP contribution in [0.2, 0.25) is 0 Å². The molecule has 152 valence electrons. The normalized spacial score (nSPS) is 20.4. The Labute approximate surface area is 165 Å². The number of nitrogens with zero attached hydrogens (tertiary/aromatic N) is 4. The van der Waals surface area contributed by atoms with Crippen LogP contribution in [0.4, 0.5) is 0 Å². The van der Waals surface area contributed by atoms with E-state index >= 15 is 0 Å². The topological polar surface area (TPSA) is 97.2 Å². The molecule has 0 radical (unpaired) electrons. The van der Waals surface area contributed by atoms with Gasteiger partial charge in [-0.2, -0.15) is 4.31 Å². The van der Waals surface area contributed by atoms with Gasteiger partial charge in [0.25, 0.3) is 0 Å². The number of carbonyl (C=O) groups excluding carboxylic acids is 1. The van der Waals surface area contributed by atoms with Gasteiger partial charge in [-0.3, -0.25) is 4.79 Å². The fraction of sp³-hybridized carbons (Fsp3) is 0.632. The third-order valence-electron chi connectivity index (χ3n) is 5.84. The lowest BCUT2D eigenvalue weighted by Gasteiger charge is -2.30. The number of nitrogens with one attached hydrogen (secondary N) is 1. The second-order valence-corrected chi connectivity index (χ2v) is 9.84. The second-order valence-electron chi connectivity index (χ2n) is 7.90. The molecule has 8 nitrogen and oxygen atoms in total. The highest BCUT2D eigenvalue weighted by Gasteiger charge is 2.34. The average molecular weight is 406 g/mol. The molecule has 1 saturated carbocycles. The molecule has 0 spiro atoms. The number of aromatic nitrogens is 3. The molecule has 0 bridgehead atoms. The molecule has 1 aromatic heterocycles. The zero-order valence-corrected chi connectivity index (χ0v) is 17.2. The Morgan fingerprint density at radius 3 is 2.61 bits per heavy atom. The van der Waals surface area contributed by atoms with E-state index < -0.39 is 10.0 Å². The van der Waals surface area contributed by atoms with E-state index in [1.807, 2.05) is 4.68 Å². The molecule has 1 unspecified atom stereocenters. The summed E-state index contributed by atoms with van der Waals surface area (Å²) < 4.78 is 29.4. The van der Waals surface area contributed by atoms with Gasteiger partial charge < -0.3 is 5.32 Å². The van der Waals surface area contributed by atoms with Gasteiger partial charge in [0.2, 0.25) is 15.9 Å². The number of sulfonamides is 1. The Bertz CT molecular complexity index is 975. The summed E-state index contributed by atoms with van der Waals surface area (Å²) in [5.74, 6) is -0.0208. The summed E-state index contributed by atoms with van der Waals surface area (Å²) in [5.41, 5.74) is 1.42. The first-order valence-electron chi connectivity index (χ1n) is 10.1. The maximum Gasteiger partial charge on any atom is 0.243 e. The van der Waals surface area contributed by atoms with Crippen LogP contribution in [0.15, 0.2) is 23.1 Å². The van der Waals surface area contributed by atoms with Gasteiger partial charge in [0, 0.05) is 25.0 Å². The van der Waals surface area contributed by atoms with Crippen LogP contribution in [-0.4, -0.2) is 52.8 Å². The summed E-state index contributed by atoms with van der Waals surface area (Å²) in [6, 6.07) is 5.55. The van der Waals surface area contributed by atoms with Gasteiger partial charge in [-0.25, -0.2) is 13.1 Å². The molecular formula is C19H27N5O3S. The average Bonchev–Trinajstić information content (AvgIpc) is 3.42. The predicted molar refractivity (Wildman–Crippen MR) is 105 cm³/mol. The highest BCUT2D eigenvalue weighted by Crippen LogP contribution is 2.27.